The summed E-state index contributed by atoms with van der Waals surface area (Å²) in [6.07, 6.45) is 4.19. The van der Waals surface area contributed by atoms with E-state index in [9.17, 15) is 0 Å². The van der Waals surface area contributed by atoms with E-state index >= 15 is 0 Å². The Balaban J connectivity index is 1.90. The average Bonchev–Trinajstić information content (AvgIpc) is 2.71. The molecule has 0 radical (unpaired) electrons. The van der Waals surface area contributed by atoms with Crippen LogP contribution < -0.4 is 9.47 Å². The number of hydrogen-bond acceptors (Lipinski definition) is 2. The van der Waals surface area contributed by atoms with E-state index in [4.69, 9.17) is 9.47 Å². The fraction of sp³-hybridized carbons (Fsp3) is 0.391. The Morgan fingerprint density at radius 1 is 0.808 bits per heavy atom. The van der Waals surface area contributed by atoms with Crippen molar-refractivity contribution >= 4 is 12.2 Å². The van der Waals surface area contributed by atoms with Gasteiger partial charge in [-0.25, -0.2) is 0 Å². The molecule has 0 bridgehead atoms. The lowest BCUT2D eigenvalue weighted by atomic mass is 10.1. The van der Waals surface area contributed by atoms with E-state index in [1.165, 1.54) is 0 Å². The third kappa shape index (κ3) is 5.63. The van der Waals surface area contributed by atoms with Gasteiger partial charge in [0.1, 0.15) is 24.7 Å². The van der Waals surface area contributed by atoms with Gasteiger partial charge in [0.2, 0.25) is 0 Å². The summed E-state index contributed by atoms with van der Waals surface area (Å²) in [5.74, 6) is 1.81. The van der Waals surface area contributed by atoms with E-state index in [0.29, 0.717) is 0 Å². The molecule has 0 amide bonds. The van der Waals surface area contributed by atoms with Gasteiger partial charge in [0.25, 0.3) is 0 Å². The van der Waals surface area contributed by atoms with E-state index in [2.05, 4.69) is 51.1 Å². The molecule has 0 aliphatic carbocycles. The van der Waals surface area contributed by atoms with Gasteiger partial charge in [-0.05, 0) is 56.2 Å². The highest BCUT2D eigenvalue weighted by Crippen LogP contribution is 2.17. The number of likely N-dealkylation sites (N-methyl/N-ethyl adjacent to an activating group) is 1. The van der Waals surface area contributed by atoms with Crippen LogP contribution in [0.3, 0.4) is 0 Å². The van der Waals surface area contributed by atoms with Gasteiger partial charge in [0.05, 0.1) is 26.7 Å². The number of rotatable bonds is 10. The molecule has 0 N–H and O–H groups in total. The summed E-state index contributed by atoms with van der Waals surface area (Å²) in [6, 6.07) is 16.3. The lowest BCUT2D eigenvalue weighted by Crippen LogP contribution is -2.49. The zero-order valence-corrected chi connectivity index (χ0v) is 16.6. The molecular weight excluding hydrogens is 322 g/mol. The second-order valence-electron chi connectivity index (χ2n) is 6.54. The summed E-state index contributed by atoms with van der Waals surface area (Å²) in [5, 5.41) is 0. The Labute approximate surface area is 158 Å². The highest BCUT2D eigenvalue weighted by molar-refractivity contribution is 5.70. The monoisotopic (exact) mass is 354 g/mol. The van der Waals surface area contributed by atoms with Gasteiger partial charge in [0.15, 0.2) is 0 Å². The Morgan fingerprint density at radius 2 is 1.46 bits per heavy atom. The molecule has 0 heterocycles. The van der Waals surface area contributed by atoms with Gasteiger partial charge in [-0.2, -0.15) is 0 Å². The summed E-state index contributed by atoms with van der Waals surface area (Å²) in [7, 11) is 1.69. The highest BCUT2D eigenvalue weighted by atomic mass is 16.5. The minimum Gasteiger partial charge on any atom is -0.497 e. The molecule has 0 saturated heterocycles. The lowest BCUT2D eigenvalue weighted by Gasteiger charge is -2.35. The van der Waals surface area contributed by atoms with Gasteiger partial charge in [-0.3, -0.25) is 0 Å². The Hall–Kier alpha value is -2.26. The van der Waals surface area contributed by atoms with Crippen molar-refractivity contribution in [3.63, 3.8) is 0 Å². The first-order valence-corrected chi connectivity index (χ1v) is 9.54. The SMILES string of the molecule is CC[N+](CC)(CC)CCOc1ccc(C=Cc2cccc(OC)c2)cc1. The molecule has 26 heavy (non-hydrogen) atoms. The van der Waals surface area contributed by atoms with E-state index in [-0.39, 0.29) is 0 Å². The molecule has 0 aliphatic rings. The summed E-state index contributed by atoms with van der Waals surface area (Å²) in [5.41, 5.74) is 2.28. The largest absolute Gasteiger partial charge is 0.497 e. The molecular formula is C23H32NO2+. The fourth-order valence-corrected chi connectivity index (χ4v) is 3.12. The van der Waals surface area contributed by atoms with Crippen LogP contribution in [0.1, 0.15) is 31.9 Å². The molecule has 2 aromatic carbocycles. The Bertz CT molecular complexity index is 679. The number of benzene rings is 2. The number of methoxy groups -OCH3 is 1. The second-order valence-corrected chi connectivity index (χ2v) is 6.54. The smallest absolute Gasteiger partial charge is 0.137 e. The maximum atomic E-state index is 5.96. The zero-order chi connectivity index (χ0) is 18.8. The predicted molar refractivity (Wildman–Crippen MR) is 111 cm³/mol. The maximum Gasteiger partial charge on any atom is 0.137 e. The first-order valence-electron chi connectivity index (χ1n) is 9.54. The van der Waals surface area contributed by atoms with Crippen LogP contribution in [0.15, 0.2) is 48.5 Å². The van der Waals surface area contributed by atoms with Gasteiger partial charge in [0, 0.05) is 0 Å². The van der Waals surface area contributed by atoms with Crippen LogP contribution in [0.25, 0.3) is 12.2 Å². The summed E-state index contributed by atoms with van der Waals surface area (Å²) in [4.78, 5) is 0. The number of nitrogens with zero attached hydrogens (tertiary/aromatic N) is 1. The average molecular weight is 355 g/mol. The third-order valence-corrected chi connectivity index (χ3v) is 5.29. The molecule has 2 aromatic rings. The first kappa shape index (κ1) is 20.1. The summed E-state index contributed by atoms with van der Waals surface area (Å²) in [6.45, 7) is 12.1. The van der Waals surface area contributed by atoms with Crippen molar-refractivity contribution < 1.29 is 14.0 Å². The lowest BCUT2D eigenvalue weighted by molar-refractivity contribution is -0.923. The van der Waals surface area contributed by atoms with Crippen molar-refractivity contribution in [2.45, 2.75) is 20.8 Å². The Morgan fingerprint density at radius 3 is 2.08 bits per heavy atom. The van der Waals surface area contributed by atoms with E-state index in [1.54, 1.807) is 7.11 Å². The van der Waals surface area contributed by atoms with Crippen molar-refractivity contribution in [2.75, 3.05) is 39.9 Å². The molecule has 0 fully saturated rings. The number of ether oxygens (including phenoxy) is 2. The van der Waals surface area contributed by atoms with Crippen LogP contribution in [0, 0.1) is 0 Å². The molecule has 140 valence electrons. The number of hydrogen-bond donors (Lipinski definition) is 0. The van der Waals surface area contributed by atoms with Crippen molar-refractivity contribution in [3.05, 3.63) is 59.7 Å². The van der Waals surface area contributed by atoms with Crippen LogP contribution in [0.2, 0.25) is 0 Å². The van der Waals surface area contributed by atoms with E-state index in [0.717, 1.165) is 59.9 Å². The quantitative estimate of drug-likeness (QED) is 0.435. The highest BCUT2D eigenvalue weighted by Gasteiger charge is 2.20. The van der Waals surface area contributed by atoms with E-state index < -0.39 is 0 Å². The van der Waals surface area contributed by atoms with Crippen molar-refractivity contribution in [1.29, 1.82) is 0 Å². The molecule has 2 rings (SSSR count). The minimum absolute atomic E-state index is 0.758. The number of quaternary nitrogens is 1. The van der Waals surface area contributed by atoms with Crippen LogP contribution >= 0.6 is 0 Å². The summed E-state index contributed by atoms with van der Waals surface area (Å²) >= 11 is 0. The third-order valence-electron chi connectivity index (χ3n) is 5.29. The first-order chi connectivity index (χ1) is 12.6. The summed E-state index contributed by atoms with van der Waals surface area (Å²) < 4.78 is 12.3. The maximum absolute atomic E-state index is 5.96. The molecule has 0 aliphatic heterocycles. The van der Waals surface area contributed by atoms with Gasteiger partial charge >= 0.3 is 0 Å². The minimum atomic E-state index is 0.758. The molecule has 0 spiro atoms. The molecule has 0 saturated carbocycles. The second kappa shape index (κ2) is 10.0. The molecule has 0 unspecified atom stereocenters. The van der Waals surface area contributed by atoms with Crippen LogP contribution in [-0.4, -0.2) is 44.4 Å². The Kier molecular flexibility index (Phi) is 7.73. The van der Waals surface area contributed by atoms with E-state index in [1.807, 2.05) is 30.3 Å². The van der Waals surface area contributed by atoms with Crippen molar-refractivity contribution in [2.24, 2.45) is 0 Å². The molecule has 0 aromatic heterocycles. The van der Waals surface area contributed by atoms with Gasteiger partial charge in [-0.15, -0.1) is 0 Å². The zero-order valence-electron chi connectivity index (χ0n) is 16.6. The fourth-order valence-electron chi connectivity index (χ4n) is 3.12. The van der Waals surface area contributed by atoms with Crippen LogP contribution in [-0.2, 0) is 0 Å². The molecule has 0 atom stereocenters. The predicted octanol–water partition coefficient (Wildman–Crippen LogP) is 5.12. The van der Waals surface area contributed by atoms with Gasteiger partial charge < -0.3 is 14.0 Å². The van der Waals surface area contributed by atoms with Crippen molar-refractivity contribution in [1.82, 2.24) is 0 Å². The van der Waals surface area contributed by atoms with Gasteiger partial charge in [-0.1, -0.05) is 36.4 Å². The normalized spacial score (nSPS) is 11.7. The van der Waals surface area contributed by atoms with Crippen LogP contribution in [0.4, 0.5) is 0 Å². The molecule has 3 heteroatoms. The molecule has 3 nitrogen and oxygen atoms in total. The standard InChI is InChI=1S/C23H32NO2/c1-5-24(6-2,7-3)17-18-26-22-15-13-20(14-16-22)11-12-21-9-8-10-23(19-21)25-4/h8-16,19H,5-7,17-18H2,1-4H3/q+1. The van der Waals surface area contributed by atoms with Crippen LogP contribution in [0.5, 0.6) is 11.5 Å². The van der Waals surface area contributed by atoms with Crippen molar-refractivity contribution in [3.8, 4) is 11.5 Å². The topological polar surface area (TPSA) is 18.5 Å².